The predicted molar refractivity (Wildman–Crippen MR) is 69.7 cm³/mol. The van der Waals surface area contributed by atoms with Gasteiger partial charge in [-0.05, 0) is 31.2 Å². The predicted octanol–water partition coefficient (Wildman–Crippen LogP) is 2.20. The maximum Gasteiger partial charge on any atom is 0.128 e. The second-order valence-corrected chi connectivity index (χ2v) is 4.12. The molecule has 0 atom stereocenters. The molecule has 0 saturated heterocycles. The smallest absolute Gasteiger partial charge is 0.128 e. The summed E-state index contributed by atoms with van der Waals surface area (Å²) in [7, 11) is 2.04. The van der Waals surface area contributed by atoms with Crippen molar-refractivity contribution in [2.75, 3.05) is 25.0 Å². The molecule has 0 aromatic carbocycles. The molecule has 3 nitrogen and oxygen atoms in total. The summed E-state index contributed by atoms with van der Waals surface area (Å²) < 4.78 is 0. The van der Waals surface area contributed by atoms with Crippen LogP contribution in [0.15, 0.2) is 30.5 Å². The van der Waals surface area contributed by atoms with Crippen molar-refractivity contribution in [1.29, 1.82) is 0 Å². The SMILES string of the molecule is C=C(C)CN(C)c1cc(CNCC)ccn1. The topological polar surface area (TPSA) is 28.2 Å². The van der Waals surface area contributed by atoms with Gasteiger partial charge in [-0.2, -0.15) is 0 Å². The Morgan fingerprint density at radius 1 is 1.56 bits per heavy atom. The van der Waals surface area contributed by atoms with Gasteiger partial charge in [0.15, 0.2) is 0 Å². The molecule has 0 bridgehead atoms. The van der Waals surface area contributed by atoms with Crippen LogP contribution in [0, 0.1) is 0 Å². The van der Waals surface area contributed by atoms with Gasteiger partial charge in [0.05, 0.1) is 0 Å². The summed E-state index contributed by atoms with van der Waals surface area (Å²) in [5, 5.41) is 3.31. The monoisotopic (exact) mass is 219 g/mol. The fraction of sp³-hybridized carbons (Fsp3) is 0.462. The summed E-state index contributed by atoms with van der Waals surface area (Å²) in [6.07, 6.45) is 1.86. The zero-order chi connectivity index (χ0) is 12.0. The molecule has 0 aliphatic rings. The molecule has 0 unspecified atom stereocenters. The highest BCUT2D eigenvalue weighted by molar-refractivity contribution is 5.41. The van der Waals surface area contributed by atoms with Crippen LogP contribution in [-0.4, -0.2) is 25.1 Å². The Kier molecular flexibility index (Phi) is 4.99. The van der Waals surface area contributed by atoms with E-state index >= 15 is 0 Å². The molecule has 3 heteroatoms. The molecular formula is C13H21N3. The highest BCUT2D eigenvalue weighted by Gasteiger charge is 2.03. The molecule has 0 fully saturated rings. The maximum absolute atomic E-state index is 4.36. The van der Waals surface area contributed by atoms with E-state index in [1.807, 2.05) is 26.2 Å². The van der Waals surface area contributed by atoms with Crippen molar-refractivity contribution >= 4 is 5.82 Å². The highest BCUT2D eigenvalue weighted by atomic mass is 15.2. The number of nitrogens with zero attached hydrogens (tertiary/aromatic N) is 2. The zero-order valence-corrected chi connectivity index (χ0v) is 10.5. The average molecular weight is 219 g/mol. The van der Waals surface area contributed by atoms with E-state index in [1.165, 1.54) is 5.56 Å². The average Bonchev–Trinajstić information content (AvgIpc) is 2.26. The number of hydrogen-bond donors (Lipinski definition) is 1. The fourth-order valence-electron chi connectivity index (χ4n) is 1.53. The van der Waals surface area contributed by atoms with Crippen molar-refractivity contribution in [3.05, 3.63) is 36.0 Å². The third kappa shape index (κ3) is 4.03. The van der Waals surface area contributed by atoms with Crippen molar-refractivity contribution in [1.82, 2.24) is 10.3 Å². The third-order valence-corrected chi connectivity index (χ3v) is 2.29. The van der Waals surface area contributed by atoms with Crippen molar-refractivity contribution < 1.29 is 0 Å². The second kappa shape index (κ2) is 6.28. The maximum atomic E-state index is 4.36. The van der Waals surface area contributed by atoms with Crippen LogP contribution in [0.3, 0.4) is 0 Å². The van der Waals surface area contributed by atoms with Crippen molar-refractivity contribution in [3.8, 4) is 0 Å². The lowest BCUT2D eigenvalue weighted by atomic mass is 10.2. The van der Waals surface area contributed by atoms with Crippen molar-refractivity contribution in [2.45, 2.75) is 20.4 Å². The number of anilines is 1. The van der Waals surface area contributed by atoms with Gasteiger partial charge >= 0.3 is 0 Å². The molecule has 88 valence electrons. The van der Waals surface area contributed by atoms with Gasteiger partial charge in [-0.3, -0.25) is 0 Å². The van der Waals surface area contributed by atoms with Crippen molar-refractivity contribution in [2.24, 2.45) is 0 Å². The molecule has 1 aromatic rings. The van der Waals surface area contributed by atoms with Crippen LogP contribution < -0.4 is 10.2 Å². The zero-order valence-electron chi connectivity index (χ0n) is 10.5. The van der Waals surface area contributed by atoms with E-state index in [-0.39, 0.29) is 0 Å². The fourth-order valence-corrected chi connectivity index (χ4v) is 1.53. The van der Waals surface area contributed by atoms with Crippen molar-refractivity contribution in [3.63, 3.8) is 0 Å². The minimum Gasteiger partial charge on any atom is -0.356 e. The van der Waals surface area contributed by atoms with E-state index < -0.39 is 0 Å². The Morgan fingerprint density at radius 3 is 2.94 bits per heavy atom. The number of nitrogens with one attached hydrogen (secondary N) is 1. The number of pyridine rings is 1. The van der Waals surface area contributed by atoms with Crippen LogP contribution in [0.4, 0.5) is 5.82 Å². The van der Waals surface area contributed by atoms with E-state index in [4.69, 9.17) is 0 Å². The summed E-state index contributed by atoms with van der Waals surface area (Å²) in [4.78, 5) is 6.47. The molecule has 0 amide bonds. The summed E-state index contributed by atoms with van der Waals surface area (Å²) in [6.45, 7) is 10.8. The normalized spacial score (nSPS) is 10.2. The van der Waals surface area contributed by atoms with E-state index in [2.05, 4.69) is 34.8 Å². The first-order valence-corrected chi connectivity index (χ1v) is 5.64. The summed E-state index contributed by atoms with van der Waals surface area (Å²) in [6, 6.07) is 4.16. The molecule has 1 aromatic heterocycles. The highest BCUT2D eigenvalue weighted by Crippen LogP contribution is 2.12. The Bertz CT molecular complexity index is 347. The molecule has 0 spiro atoms. The van der Waals surface area contributed by atoms with Crippen LogP contribution in [-0.2, 0) is 6.54 Å². The van der Waals surface area contributed by atoms with E-state index in [0.29, 0.717) is 0 Å². The second-order valence-electron chi connectivity index (χ2n) is 4.12. The Balaban J connectivity index is 2.69. The molecule has 1 N–H and O–H groups in total. The number of hydrogen-bond acceptors (Lipinski definition) is 3. The minimum absolute atomic E-state index is 0.845. The van der Waals surface area contributed by atoms with Crippen LogP contribution in [0.1, 0.15) is 19.4 Å². The molecule has 0 aliphatic carbocycles. The van der Waals surface area contributed by atoms with Gasteiger partial charge in [-0.25, -0.2) is 4.98 Å². The van der Waals surface area contributed by atoms with Gasteiger partial charge < -0.3 is 10.2 Å². The first-order valence-electron chi connectivity index (χ1n) is 5.64. The van der Waals surface area contributed by atoms with Crippen LogP contribution in [0.5, 0.6) is 0 Å². The van der Waals surface area contributed by atoms with E-state index in [0.717, 1.165) is 31.0 Å². The van der Waals surface area contributed by atoms with E-state index in [1.54, 1.807) is 0 Å². The standard InChI is InChI=1S/C13H21N3/c1-5-14-9-12-6-7-15-13(8-12)16(4)10-11(2)3/h6-8,14H,2,5,9-10H2,1,3-4H3. The molecule has 1 heterocycles. The summed E-state index contributed by atoms with van der Waals surface area (Å²) in [5.41, 5.74) is 2.40. The molecule has 0 saturated carbocycles. The Hall–Kier alpha value is -1.35. The quantitative estimate of drug-likeness (QED) is 0.743. The van der Waals surface area contributed by atoms with Gasteiger partial charge in [0, 0.05) is 26.3 Å². The van der Waals surface area contributed by atoms with Gasteiger partial charge in [-0.15, -0.1) is 0 Å². The van der Waals surface area contributed by atoms with Gasteiger partial charge in [0.25, 0.3) is 0 Å². The van der Waals surface area contributed by atoms with Gasteiger partial charge in [-0.1, -0.05) is 19.1 Å². The lowest BCUT2D eigenvalue weighted by molar-refractivity contribution is 0.725. The number of likely N-dealkylation sites (N-methyl/N-ethyl adjacent to an activating group) is 1. The van der Waals surface area contributed by atoms with Crippen LogP contribution in [0.25, 0.3) is 0 Å². The van der Waals surface area contributed by atoms with Crippen LogP contribution >= 0.6 is 0 Å². The number of rotatable bonds is 6. The van der Waals surface area contributed by atoms with Crippen LogP contribution in [0.2, 0.25) is 0 Å². The first kappa shape index (κ1) is 12.7. The molecule has 0 aliphatic heterocycles. The number of aromatic nitrogens is 1. The largest absolute Gasteiger partial charge is 0.356 e. The molecule has 1 rings (SSSR count). The van der Waals surface area contributed by atoms with E-state index in [9.17, 15) is 0 Å². The minimum atomic E-state index is 0.845. The lowest BCUT2D eigenvalue weighted by Gasteiger charge is -2.18. The first-order chi connectivity index (χ1) is 7.63. The molecule has 0 radical (unpaired) electrons. The summed E-state index contributed by atoms with van der Waals surface area (Å²) in [5.74, 6) is 0.999. The molecule has 16 heavy (non-hydrogen) atoms. The molecular weight excluding hydrogens is 198 g/mol. The van der Waals surface area contributed by atoms with Gasteiger partial charge in [0.2, 0.25) is 0 Å². The Morgan fingerprint density at radius 2 is 2.31 bits per heavy atom. The van der Waals surface area contributed by atoms with Gasteiger partial charge in [0.1, 0.15) is 5.82 Å². The summed E-state index contributed by atoms with van der Waals surface area (Å²) >= 11 is 0. The Labute approximate surface area is 98.2 Å². The third-order valence-electron chi connectivity index (χ3n) is 2.29. The lowest BCUT2D eigenvalue weighted by Crippen LogP contribution is -2.20.